The topological polar surface area (TPSA) is 113 Å². The molecular weight excluding hydrogens is 613 g/mol. The second kappa shape index (κ2) is 13.0. The number of aliphatic hydroxyl groups excluding tert-OH is 1. The number of ether oxygens (including phenoxy) is 3. The van der Waals surface area contributed by atoms with Crippen molar-refractivity contribution in [3.63, 3.8) is 0 Å². The number of aromatic amines is 1. The zero-order valence-electron chi connectivity index (χ0n) is 26.5. The van der Waals surface area contributed by atoms with Crippen LogP contribution in [0.1, 0.15) is 40.2 Å². The largest absolute Gasteiger partial charge is 0.491 e. The first-order valence-corrected chi connectivity index (χ1v) is 16.5. The highest BCUT2D eigenvalue weighted by molar-refractivity contribution is 6.09. The van der Waals surface area contributed by atoms with Crippen LogP contribution in [0.4, 0.5) is 10.1 Å². The molecule has 0 spiro atoms. The summed E-state index contributed by atoms with van der Waals surface area (Å²) in [4.78, 5) is 30.3. The Labute approximate surface area is 277 Å². The molecule has 1 amide bonds. The highest BCUT2D eigenvalue weighted by atomic mass is 19.1. The van der Waals surface area contributed by atoms with Gasteiger partial charge in [0.25, 0.3) is 5.91 Å². The first kappa shape index (κ1) is 30.5. The molecule has 1 aliphatic carbocycles. The number of halogens is 1. The van der Waals surface area contributed by atoms with Crippen LogP contribution in [0.25, 0.3) is 33.5 Å². The Balaban J connectivity index is 1.07. The molecule has 3 aliphatic rings. The van der Waals surface area contributed by atoms with Crippen molar-refractivity contribution in [1.29, 1.82) is 0 Å². The number of hydrogen-bond acceptors (Lipinski definition) is 8. The number of amides is 1. The third kappa shape index (κ3) is 5.89. The smallest absolute Gasteiger partial charge is 0.265 e. The van der Waals surface area contributed by atoms with E-state index in [0.29, 0.717) is 35.2 Å². The van der Waals surface area contributed by atoms with Crippen LogP contribution in [0.5, 0.6) is 11.5 Å². The quantitative estimate of drug-likeness (QED) is 0.214. The van der Waals surface area contributed by atoms with Gasteiger partial charge >= 0.3 is 0 Å². The second-order valence-corrected chi connectivity index (χ2v) is 12.4. The van der Waals surface area contributed by atoms with Gasteiger partial charge in [0.1, 0.15) is 41.7 Å². The number of aromatic nitrogens is 3. The summed E-state index contributed by atoms with van der Waals surface area (Å²) in [6.07, 6.45) is 5.46. The number of nitrogens with one attached hydrogen (secondary N) is 1. The van der Waals surface area contributed by atoms with Gasteiger partial charge in [0.15, 0.2) is 0 Å². The molecule has 5 heterocycles. The number of carbonyl (C=O) groups is 1. The summed E-state index contributed by atoms with van der Waals surface area (Å²) in [5.74, 6) is 0.239. The number of carbonyl (C=O) groups excluding carboxylic acids is 1. The fourth-order valence-electron chi connectivity index (χ4n) is 6.68. The number of nitrogens with zero attached hydrogens (tertiary/aromatic N) is 4. The molecule has 0 radical (unpaired) electrons. The number of H-pyrrole nitrogens is 1. The molecule has 246 valence electrons. The van der Waals surface area contributed by atoms with E-state index < -0.39 is 11.7 Å². The number of anilines is 1. The molecule has 0 atom stereocenters. The molecule has 2 aromatic carbocycles. The summed E-state index contributed by atoms with van der Waals surface area (Å²) < 4.78 is 32.7. The van der Waals surface area contributed by atoms with E-state index in [0.717, 1.165) is 79.2 Å². The summed E-state index contributed by atoms with van der Waals surface area (Å²) in [6.45, 7) is 4.85. The van der Waals surface area contributed by atoms with E-state index in [4.69, 9.17) is 14.2 Å². The molecule has 5 aromatic rings. The Morgan fingerprint density at radius 3 is 2.67 bits per heavy atom. The van der Waals surface area contributed by atoms with Crippen LogP contribution in [0.15, 0.2) is 67.0 Å². The minimum Gasteiger partial charge on any atom is -0.491 e. The minimum atomic E-state index is -0.579. The van der Waals surface area contributed by atoms with Gasteiger partial charge in [-0.15, -0.1) is 0 Å². The third-order valence-corrected chi connectivity index (χ3v) is 9.37. The van der Waals surface area contributed by atoms with Crippen LogP contribution in [0.3, 0.4) is 0 Å². The van der Waals surface area contributed by atoms with Crippen molar-refractivity contribution in [1.82, 2.24) is 19.9 Å². The maximum atomic E-state index is 15.4. The maximum Gasteiger partial charge on any atom is 0.265 e. The number of benzene rings is 2. The standard InChI is InChI=1S/C37H36FN5O5/c38-30-18-24(23-4-5-23)19-34-35(30)37(45)43(13-17-48-34)33-3-1-2-26(29(33)22-44)27-8-9-39-36-28(27)20-32(41-36)31-7-6-25(21-40-31)47-16-12-42-10-14-46-15-11-42/h1-3,6-9,18-21,23,44H,4-5,10-17,22H2,(H,39,41). The lowest BCUT2D eigenvalue weighted by Gasteiger charge is -2.26. The Hall–Kier alpha value is -4.84. The Morgan fingerprint density at radius 1 is 1.00 bits per heavy atom. The molecule has 11 heteroatoms. The van der Waals surface area contributed by atoms with E-state index in [2.05, 4.69) is 19.9 Å². The summed E-state index contributed by atoms with van der Waals surface area (Å²) in [5.41, 5.74) is 5.60. The zero-order valence-corrected chi connectivity index (χ0v) is 26.5. The lowest BCUT2D eigenvalue weighted by Crippen LogP contribution is -2.38. The normalized spacial score (nSPS) is 16.9. The van der Waals surface area contributed by atoms with Crippen LogP contribution in [0, 0.1) is 5.82 Å². The molecule has 8 rings (SSSR count). The maximum absolute atomic E-state index is 15.4. The van der Waals surface area contributed by atoms with E-state index >= 15 is 4.39 Å². The van der Waals surface area contributed by atoms with Crippen molar-refractivity contribution in [2.75, 3.05) is 57.5 Å². The number of pyridine rings is 2. The van der Waals surface area contributed by atoms with Gasteiger partial charge in [-0.05, 0) is 77.9 Å². The van der Waals surface area contributed by atoms with Gasteiger partial charge in [0.2, 0.25) is 0 Å². The summed E-state index contributed by atoms with van der Waals surface area (Å²) in [5, 5.41) is 11.6. The van der Waals surface area contributed by atoms with Crippen molar-refractivity contribution in [3.8, 4) is 34.0 Å². The second-order valence-electron chi connectivity index (χ2n) is 12.4. The van der Waals surface area contributed by atoms with Crippen molar-refractivity contribution in [2.24, 2.45) is 0 Å². The van der Waals surface area contributed by atoms with Gasteiger partial charge in [0.05, 0.1) is 49.6 Å². The molecule has 10 nitrogen and oxygen atoms in total. The number of fused-ring (bicyclic) bond motifs is 2. The molecular formula is C37H36FN5O5. The van der Waals surface area contributed by atoms with Crippen molar-refractivity contribution in [2.45, 2.75) is 25.4 Å². The van der Waals surface area contributed by atoms with E-state index in [1.54, 1.807) is 24.5 Å². The van der Waals surface area contributed by atoms with E-state index in [-0.39, 0.29) is 31.1 Å². The van der Waals surface area contributed by atoms with E-state index in [1.807, 2.05) is 36.4 Å². The molecule has 2 fully saturated rings. The fraction of sp³-hybridized carbons (Fsp3) is 0.324. The first-order valence-electron chi connectivity index (χ1n) is 16.5. The average Bonchev–Trinajstić information content (AvgIpc) is 3.90. The van der Waals surface area contributed by atoms with Gasteiger partial charge in [-0.2, -0.15) is 0 Å². The predicted octanol–water partition coefficient (Wildman–Crippen LogP) is 5.55. The number of rotatable bonds is 9. The van der Waals surface area contributed by atoms with Crippen LogP contribution in [-0.4, -0.2) is 83.5 Å². The van der Waals surface area contributed by atoms with E-state index in [1.165, 1.54) is 11.0 Å². The molecule has 1 saturated carbocycles. The number of hydrogen-bond donors (Lipinski definition) is 2. The monoisotopic (exact) mass is 649 g/mol. The van der Waals surface area contributed by atoms with Gasteiger partial charge in [-0.1, -0.05) is 12.1 Å². The summed E-state index contributed by atoms with van der Waals surface area (Å²) >= 11 is 0. The molecule has 0 unspecified atom stereocenters. The number of aliphatic hydroxyl groups is 1. The van der Waals surface area contributed by atoms with Crippen LogP contribution >= 0.6 is 0 Å². The molecule has 2 N–H and O–H groups in total. The highest BCUT2D eigenvalue weighted by Crippen LogP contribution is 2.43. The van der Waals surface area contributed by atoms with Crippen molar-refractivity contribution in [3.05, 3.63) is 89.5 Å². The highest BCUT2D eigenvalue weighted by Gasteiger charge is 2.33. The average molecular weight is 650 g/mol. The molecule has 1 saturated heterocycles. The van der Waals surface area contributed by atoms with Crippen LogP contribution in [0.2, 0.25) is 0 Å². The third-order valence-electron chi connectivity index (χ3n) is 9.37. The lowest BCUT2D eigenvalue weighted by atomic mass is 9.96. The summed E-state index contributed by atoms with van der Waals surface area (Å²) in [7, 11) is 0. The molecule has 2 aliphatic heterocycles. The molecule has 48 heavy (non-hydrogen) atoms. The van der Waals surface area contributed by atoms with Gasteiger partial charge in [-0.3, -0.25) is 14.7 Å². The summed E-state index contributed by atoms with van der Waals surface area (Å²) in [6, 6.07) is 16.5. The fourth-order valence-corrected chi connectivity index (χ4v) is 6.68. The Morgan fingerprint density at radius 2 is 1.88 bits per heavy atom. The van der Waals surface area contributed by atoms with Crippen LogP contribution < -0.4 is 14.4 Å². The van der Waals surface area contributed by atoms with Crippen molar-refractivity contribution >= 4 is 22.6 Å². The minimum absolute atomic E-state index is 0.0752. The van der Waals surface area contributed by atoms with Crippen molar-refractivity contribution < 1.29 is 28.5 Å². The predicted molar refractivity (Wildman–Crippen MR) is 179 cm³/mol. The van der Waals surface area contributed by atoms with Gasteiger partial charge in [0, 0.05) is 36.8 Å². The molecule has 0 bridgehead atoms. The van der Waals surface area contributed by atoms with E-state index in [9.17, 15) is 9.90 Å². The van der Waals surface area contributed by atoms with Crippen LogP contribution in [-0.2, 0) is 11.3 Å². The SMILES string of the molecule is O=C1c2c(F)cc(C3CC3)cc2OCCN1c1cccc(-c2ccnc3[nH]c(-c4ccc(OCCN5CCOCC5)cn4)cc23)c1CO. The zero-order chi connectivity index (χ0) is 32.6. The first-order chi connectivity index (χ1) is 23.6. The number of morpholine rings is 1. The van der Waals surface area contributed by atoms with Gasteiger partial charge in [-0.25, -0.2) is 9.37 Å². The molecule has 3 aromatic heterocycles. The Bertz CT molecular complexity index is 1970. The Kier molecular flexibility index (Phi) is 8.25. The van der Waals surface area contributed by atoms with Gasteiger partial charge < -0.3 is 29.2 Å². The lowest BCUT2D eigenvalue weighted by molar-refractivity contribution is 0.0322.